The van der Waals surface area contributed by atoms with Gasteiger partial charge in [-0.1, -0.05) is 0 Å². The van der Waals surface area contributed by atoms with Gasteiger partial charge < -0.3 is 14.2 Å². The van der Waals surface area contributed by atoms with Crippen molar-refractivity contribution >= 4 is 34.1 Å². The summed E-state index contributed by atoms with van der Waals surface area (Å²) in [6, 6.07) is 12.9. The third kappa shape index (κ3) is 4.12. The van der Waals surface area contributed by atoms with E-state index in [-0.39, 0.29) is 35.6 Å². The second-order valence-corrected chi connectivity index (χ2v) is 7.87. The van der Waals surface area contributed by atoms with Crippen molar-refractivity contribution in [2.24, 2.45) is 7.05 Å². The smallest absolute Gasteiger partial charge is 0.335 e. The summed E-state index contributed by atoms with van der Waals surface area (Å²) in [5.41, 5.74) is 1.63. The fourth-order valence-electron chi connectivity index (χ4n) is 4.01. The minimum atomic E-state index is -2.74. The maximum atomic E-state index is 14.0. The Kier molecular flexibility index (Phi) is 4.43. The number of pyridine rings is 1. The Balaban J connectivity index is 1.57. The van der Waals surface area contributed by atoms with E-state index in [1.807, 2.05) is 0 Å². The van der Waals surface area contributed by atoms with Crippen LogP contribution >= 0.6 is 0 Å². The number of urea groups is 1. The van der Waals surface area contributed by atoms with E-state index in [2.05, 4.69) is 10.1 Å². The topological polar surface area (TPSA) is 82.0 Å². The van der Waals surface area contributed by atoms with Crippen LogP contribution in [0.1, 0.15) is 13.8 Å². The van der Waals surface area contributed by atoms with Crippen LogP contribution in [0.4, 0.5) is 30.8 Å². The number of halogens is 2. The van der Waals surface area contributed by atoms with Gasteiger partial charge >= 0.3 is 6.03 Å². The molecule has 2 aromatic carbocycles. The summed E-state index contributed by atoms with van der Waals surface area (Å²) < 4.78 is 86.4. The zero-order valence-electron chi connectivity index (χ0n) is 24.8. The maximum absolute atomic E-state index is 14.0. The SMILES string of the molecule is [2H]C([2H])([2H])Oc1ccc(N2C(=O)N(c3ccc4nn(C)c(OC([2H])([2H])[2H])c4c3)Cc3ccc(OCC(F)F)nc32)cc1. The van der Waals surface area contributed by atoms with E-state index in [4.69, 9.17) is 22.4 Å². The van der Waals surface area contributed by atoms with Gasteiger partial charge in [-0.3, -0.25) is 4.90 Å². The van der Waals surface area contributed by atoms with Crippen LogP contribution in [0, 0.1) is 0 Å². The number of methoxy groups -OCH3 is 2. The molecule has 0 aliphatic carbocycles. The summed E-state index contributed by atoms with van der Waals surface area (Å²) in [4.78, 5) is 21.0. The van der Waals surface area contributed by atoms with Crippen LogP contribution in [0.3, 0.4) is 0 Å². The number of hydrogen-bond donors (Lipinski definition) is 0. The first-order valence-electron chi connectivity index (χ1n) is 13.7. The number of carbonyl (C=O) groups is 1. The molecule has 0 fully saturated rings. The first kappa shape index (κ1) is 17.1. The molecule has 1 aliphatic rings. The van der Waals surface area contributed by atoms with Gasteiger partial charge in [0.05, 0.1) is 45.4 Å². The second-order valence-electron chi connectivity index (χ2n) is 7.87. The average Bonchev–Trinajstić information content (AvgIpc) is 3.19. The number of carbonyl (C=O) groups excluding carboxylic acids is 1. The first-order chi connectivity index (χ1) is 19.7. The van der Waals surface area contributed by atoms with E-state index in [0.29, 0.717) is 22.2 Å². The lowest BCUT2D eigenvalue weighted by atomic mass is 10.1. The Morgan fingerprint density at radius 1 is 1.06 bits per heavy atom. The molecule has 1 aliphatic heterocycles. The van der Waals surface area contributed by atoms with Gasteiger partial charge in [-0.2, -0.15) is 10.1 Å². The van der Waals surface area contributed by atoms with E-state index in [9.17, 15) is 13.6 Å². The van der Waals surface area contributed by atoms with Crippen LogP contribution < -0.4 is 24.0 Å². The highest BCUT2D eigenvalue weighted by Crippen LogP contribution is 2.38. The van der Waals surface area contributed by atoms with Gasteiger partial charge in [0.2, 0.25) is 11.8 Å². The van der Waals surface area contributed by atoms with Gasteiger partial charge in [-0.05, 0) is 48.5 Å². The number of aryl methyl sites for hydroxylation is 1. The van der Waals surface area contributed by atoms with Crippen molar-refractivity contribution in [1.82, 2.24) is 14.8 Å². The van der Waals surface area contributed by atoms with Crippen LogP contribution in [0.25, 0.3) is 10.9 Å². The number of amides is 2. The van der Waals surface area contributed by atoms with Gasteiger partial charge in [0.15, 0.2) is 6.61 Å². The molecule has 11 heteroatoms. The van der Waals surface area contributed by atoms with Crippen LogP contribution in [0.5, 0.6) is 17.5 Å². The van der Waals surface area contributed by atoms with Crippen LogP contribution in [-0.4, -0.2) is 47.9 Å². The summed E-state index contributed by atoms with van der Waals surface area (Å²) in [6.07, 6.45) is -2.73. The molecular weight excluding hydrogens is 472 g/mol. The normalized spacial score (nSPS) is 16.5. The number of rotatable bonds is 7. The molecule has 5 rings (SSSR count). The minimum Gasteiger partial charge on any atom is -0.497 e. The largest absolute Gasteiger partial charge is 0.497 e. The molecule has 2 amide bonds. The van der Waals surface area contributed by atoms with Gasteiger partial charge in [0.25, 0.3) is 6.43 Å². The van der Waals surface area contributed by atoms with E-state index >= 15 is 0 Å². The molecule has 36 heavy (non-hydrogen) atoms. The van der Waals surface area contributed by atoms with Gasteiger partial charge in [0.1, 0.15) is 11.6 Å². The molecule has 186 valence electrons. The lowest BCUT2D eigenvalue weighted by Crippen LogP contribution is -2.45. The van der Waals surface area contributed by atoms with Crippen molar-refractivity contribution < 1.29 is 36.0 Å². The van der Waals surface area contributed by atoms with Gasteiger partial charge in [-0.25, -0.2) is 23.2 Å². The summed E-state index contributed by atoms with van der Waals surface area (Å²) in [5.74, 6) is 0.0271. The van der Waals surface area contributed by atoms with Crippen molar-refractivity contribution in [1.29, 1.82) is 0 Å². The predicted molar refractivity (Wildman–Crippen MR) is 130 cm³/mol. The van der Waals surface area contributed by atoms with Crippen LogP contribution in [0.15, 0.2) is 54.6 Å². The highest BCUT2D eigenvalue weighted by molar-refractivity contribution is 6.11. The molecule has 9 nitrogen and oxygen atoms in total. The second kappa shape index (κ2) is 9.33. The van der Waals surface area contributed by atoms with Crippen LogP contribution in [0.2, 0.25) is 0 Å². The Bertz CT molecular complexity index is 1630. The fraction of sp³-hybridized carbons (Fsp3) is 0.240. The Morgan fingerprint density at radius 3 is 2.58 bits per heavy atom. The highest BCUT2D eigenvalue weighted by Gasteiger charge is 2.34. The summed E-state index contributed by atoms with van der Waals surface area (Å²) in [6.45, 7) is -0.868. The van der Waals surface area contributed by atoms with Crippen molar-refractivity contribution in [2.45, 2.75) is 13.0 Å². The Labute approximate surface area is 213 Å². The van der Waals surface area contributed by atoms with E-state index in [1.54, 1.807) is 24.3 Å². The third-order valence-electron chi connectivity index (χ3n) is 5.63. The number of fused-ring (bicyclic) bond motifs is 2. The number of benzene rings is 2. The minimum absolute atomic E-state index is 0.0131. The molecule has 4 aromatic rings. The average molecular weight is 502 g/mol. The maximum Gasteiger partial charge on any atom is 0.335 e. The molecule has 0 saturated heterocycles. The highest BCUT2D eigenvalue weighted by atomic mass is 19.3. The molecule has 2 aromatic heterocycles. The molecular formula is C25H23F2N5O4. The monoisotopic (exact) mass is 501 g/mol. The molecule has 0 unspecified atom stereocenters. The third-order valence-corrected chi connectivity index (χ3v) is 5.63. The molecule has 0 atom stereocenters. The predicted octanol–water partition coefficient (Wildman–Crippen LogP) is 4.91. The molecule has 0 radical (unpaired) electrons. The van der Waals surface area contributed by atoms with Crippen molar-refractivity contribution in [3.63, 3.8) is 0 Å². The standard InChI is InChI=1S/C25H23F2N5O4/c1-30-24(35-3)19-12-17(7-10-20(19)29-30)31-13-15-4-11-22(36-14-21(26)27)28-23(15)32(25(31)33)16-5-8-18(34-2)9-6-16/h4-12,21H,13-14H2,1-3H3/i2D3,3D3. The number of hydrogen-bond acceptors (Lipinski definition) is 6. The fourth-order valence-corrected chi connectivity index (χ4v) is 4.01. The Hall–Kier alpha value is -4.41. The quantitative estimate of drug-likeness (QED) is 0.358. The molecule has 0 N–H and O–H groups in total. The van der Waals surface area contributed by atoms with Crippen molar-refractivity contribution in [2.75, 3.05) is 30.5 Å². The van der Waals surface area contributed by atoms with Gasteiger partial charge in [-0.15, -0.1) is 0 Å². The van der Waals surface area contributed by atoms with E-state index in [0.717, 1.165) is 0 Å². The van der Waals surface area contributed by atoms with Crippen molar-refractivity contribution in [3.05, 3.63) is 60.2 Å². The first-order valence-corrected chi connectivity index (χ1v) is 10.7. The molecule has 0 saturated carbocycles. The van der Waals surface area contributed by atoms with Crippen molar-refractivity contribution in [3.8, 4) is 17.5 Å². The summed E-state index contributed by atoms with van der Waals surface area (Å²) in [7, 11) is -3.89. The molecule has 3 heterocycles. The zero-order valence-corrected chi connectivity index (χ0v) is 18.8. The van der Waals surface area contributed by atoms with E-state index < -0.39 is 33.1 Å². The number of nitrogens with zero attached hydrogens (tertiary/aromatic N) is 5. The van der Waals surface area contributed by atoms with Crippen LogP contribution in [-0.2, 0) is 13.6 Å². The number of aromatic nitrogens is 3. The Morgan fingerprint density at radius 2 is 1.83 bits per heavy atom. The van der Waals surface area contributed by atoms with E-state index in [1.165, 1.54) is 51.9 Å². The number of anilines is 3. The summed E-state index contributed by atoms with van der Waals surface area (Å²) in [5, 5.41) is 4.63. The number of alkyl halides is 2. The number of ether oxygens (including phenoxy) is 3. The summed E-state index contributed by atoms with van der Waals surface area (Å²) >= 11 is 0. The zero-order chi connectivity index (χ0) is 30.4. The lowest BCUT2D eigenvalue weighted by Gasteiger charge is -2.36. The van der Waals surface area contributed by atoms with Gasteiger partial charge in [0, 0.05) is 24.4 Å². The molecule has 0 bridgehead atoms. The lowest BCUT2D eigenvalue weighted by molar-refractivity contribution is 0.0796. The molecule has 0 spiro atoms.